The molecule has 2 aromatic rings. The molecule has 1 aromatic carbocycles. The molecule has 2 rings (SSSR count). The van der Waals surface area contributed by atoms with Crippen LogP contribution in [0.1, 0.15) is 11.1 Å². The van der Waals surface area contributed by atoms with Crippen LogP contribution in [0.3, 0.4) is 0 Å². The molecule has 0 aliphatic heterocycles. The summed E-state index contributed by atoms with van der Waals surface area (Å²) in [7, 11) is -4.72. The molecule has 1 unspecified atom stereocenters. The van der Waals surface area contributed by atoms with Crippen molar-refractivity contribution in [2.24, 2.45) is 0 Å². The first-order chi connectivity index (χ1) is 11.2. The minimum atomic E-state index is -4.72. The van der Waals surface area contributed by atoms with E-state index in [0.717, 1.165) is 30.6 Å². The highest BCUT2D eigenvalue weighted by Crippen LogP contribution is 2.33. The number of sulfonamides is 1. The number of benzene rings is 1. The molecule has 5 nitrogen and oxygen atoms in total. The molecule has 126 valence electrons. The van der Waals surface area contributed by atoms with Gasteiger partial charge in [0.25, 0.3) is 12.2 Å². The predicted octanol–water partition coefficient (Wildman–Crippen LogP) is 2.97. The standard InChI is InChI=1S/C14H9ClF3N3O2S/c15-11-3-1-2-10(5-11)14(18,13(16)17)21-24(22,23)12-4-9(6-19)7-20-8-12/h1-5,7-8,13,21H. The SMILES string of the molecule is N#Cc1cncc(S(=O)(=O)NC(F)(c2cccc(Cl)c2)C(F)F)c1. The largest absolute Gasteiger partial charge is 0.290 e. The predicted molar refractivity (Wildman–Crippen MR) is 79.5 cm³/mol. The van der Waals surface area contributed by atoms with Crippen molar-refractivity contribution in [3.63, 3.8) is 0 Å². The molecule has 0 bridgehead atoms. The van der Waals surface area contributed by atoms with Crippen molar-refractivity contribution < 1.29 is 21.6 Å². The molecule has 24 heavy (non-hydrogen) atoms. The quantitative estimate of drug-likeness (QED) is 0.814. The van der Waals surface area contributed by atoms with Gasteiger partial charge in [0, 0.05) is 23.0 Å². The lowest BCUT2D eigenvalue weighted by Crippen LogP contribution is -2.47. The number of pyridine rings is 1. The molecule has 1 heterocycles. The van der Waals surface area contributed by atoms with Crippen LogP contribution in [0.25, 0.3) is 0 Å². The van der Waals surface area contributed by atoms with E-state index in [2.05, 4.69) is 4.98 Å². The first kappa shape index (κ1) is 18.2. The number of hydrogen-bond donors (Lipinski definition) is 1. The Balaban J connectivity index is 2.49. The number of nitrogens with one attached hydrogen (secondary N) is 1. The maximum absolute atomic E-state index is 14.8. The maximum atomic E-state index is 14.8. The topological polar surface area (TPSA) is 82.8 Å². The van der Waals surface area contributed by atoms with Gasteiger partial charge in [-0.25, -0.2) is 21.6 Å². The molecule has 0 spiro atoms. The van der Waals surface area contributed by atoms with Crippen LogP contribution < -0.4 is 4.72 Å². The van der Waals surface area contributed by atoms with Gasteiger partial charge >= 0.3 is 0 Å². The van der Waals surface area contributed by atoms with E-state index in [-0.39, 0.29) is 10.6 Å². The summed E-state index contributed by atoms with van der Waals surface area (Å²) >= 11 is 5.65. The summed E-state index contributed by atoms with van der Waals surface area (Å²) in [6.45, 7) is 0. The van der Waals surface area contributed by atoms with Crippen molar-refractivity contribution >= 4 is 21.6 Å². The van der Waals surface area contributed by atoms with Crippen molar-refractivity contribution in [3.05, 3.63) is 58.9 Å². The summed E-state index contributed by atoms with van der Waals surface area (Å²) in [5, 5.41) is 8.70. The Morgan fingerprint density at radius 3 is 2.58 bits per heavy atom. The fourth-order valence-corrected chi connectivity index (χ4v) is 3.21. The first-order valence-electron chi connectivity index (χ1n) is 6.31. The summed E-state index contributed by atoms with van der Waals surface area (Å²) in [6.07, 6.45) is -1.82. The van der Waals surface area contributed by atoms with Gasteiger partial charge in [0.2, 0.25) is 10.0 Å². The molecule has 1 N–H and O–H groups in total. The lowest BCUT2D eigenvalue weighted by Gasteiger charge is -2.26. The zero-order valence-corrected chi connectivity index (χ0v) is 13.3. The molecule has 0 aliphatic carbocycles. The minimum absolute atomic E-state index is 0.0393. The lowest BCUT2D eigenvalue weighted by molar-refractivity contribution is -0.0474. The van der Waals surface area contributed by atoms with Gasteiger partial charge in [0.1, 0.15) is 11.0 Å². The van der Waals surface area contributed by atoms with E-state index in [0.29, 0.717) is 0 Å². The smallest absolute Gasteiger partial charge is 0.262 e. The number of rotatable bonds is 5. The van der Waals surface area contributed by atoms with Crippen LogP contribution in [0, 0.1) is 11.3 Å². The highest BCUT2D eigenvalue weighted by atomic mass is 35.5. The van der Waals surface area contributed by atoms with Crippen LogP contribution in [-0.2, 0) is 15.8 Å². The number of alkyl halides is 3. The maximum Gasteiger partial charge on any atom is 0.290 e. The molecule has 0 saturated heterocycles. The molecular formula is C14H9ClF3N3O2S. The van der Waals surface area contributed by atoms with Crippen LogP contribution in [0.15, 0.2) is 47.6 Å². The third kappa shape index (κ3) is 3.67. The van der Waals surface area contributed by atoms with Crippen molar-refractivity contribution in [2.45, 2.75) is 17.1 Å². The van der Waals surface area contributed by atoms with E-state index in [1.54, 1.807) is 6.07 Å². The van der Waals surface area contributed by atoms with E-state index >= 15 is 0 Å². The van der Waals surface area contributed by atoms with Crippen molar-refractivity contribution in [1.82, 2.24) is 9.71 Å². The van der Waals surface area contributed by atoms with Gasteiger partial charge in [-0.15, -0.1) is 0 Å². The highest BCUT2D eigenvalue weighted by Gasteiger charge is 2.46. The summed E-state index contributed by atoms with van der Waals surface area (Å²) < 4.78 is 67.1. The van der Waals surface area contributed by atoms with Crippen LogP contribution in [0.4, 0.5) is 13.2 Å². The second kappa shape index (κ2) is 6.76. The molecule has 0 saturated carbocycles. The van der Waals surface area contributed by atoms with Gasteiger partial charge < -0.3 is 0 Å². The summed E-state index contributed by atoms with van der Waals surface area (Å²) in [5.74, 6) is -3.70. The molecule has 0 amide bonds. The van der Waals surface area contributed by atoms with Crippen molar-refractivity contribution in [2.75, 3.05) is 0 Å². The molecule has 0 radical (unpaired) electrons. The van der Waals surface area contributed by atoms with E-state index in [4.69, 9.17) is 16.9 Å². The molecule has 10 heteroatoms. The third-order valence-corrected chi connectivity index (χ3v) is 4.63. The van der Waals surface area contributed by atoms with Gasteiger partial charge in [-0.2, -0.15) is 9.98 Å². The Kier molecular flexibility index (Phi) is 5.13. The average molecular weight is 376 g/mol. The van der Waals surface area contributed by atoms with Gasteiger partial charge in [-0.3, -0.25) is 4.98 Å². The molecule has 0 aliphatic rings. The molecule has 1 aromatic heterocycles. The van der Waals surface area contributed by atoms with Gasteiger partial charge in [0.15, 0.2) is 0 Å². The van der Waals surface area contributed by atoms with E-state index in [1.165, 1.54) is 16.9 Å². The Hall–Kier alpha value is -2.15. The monoisotopic (exact) mass is 375 g/mol. The van der Waals surface area contributed by atoms with E-state index in [1.807, 2.05) is 0 Å². The number of hydrogen-bond acceptors (Lipinski definition) is 4. The minimum Gasteiger partial charge on any atom is -0.262 e. The first-order valence-corrected chi connectivity index (χ1v) is 8.17. The number of aromatic nitrogens is 1. The van der Waals surface area contributed by atoms with Crippen molar-refractivity contribution in [3.8, 4) is 6.07 Å². The normalized spacial score (nSPS) is 14.2. The van der Waals surface area contributed by atoms with Crippen LogP contribution in [0.5, 0.6) is 0 Å². The van der Waals surface area contributed by atoms with Gasteiger partial charge in [-0.05, 0) is 18.2 Å². The fourth-order valence-electron chi connectivity index (χ4n) is 1.83. The summed E-state index contributed by atoms with van der Waals surface area (Å²) in [5.41, 5.74) is -0.778. The Morgan fingerprint density at radius 2 is 2.00 bits per heavy atom. The average Bonchev–Trinajstić information content (AvgIpc) is 2.54. The van der Waals surface area contributed by atoms with Crippen molar-refractivity contribution in [1.29, 1.82) is 5.26 Å². The molecule has 1 atom stereocenters. The second-order valence-corrected chi connectivity index (χ2v) is 6.77. The Bertz CT molecular complexity index is 902. The van der Waals surface area contributed by atoms with E-state index < -0.39 is 32.7 Å². The number of halogens is 4. The third-order valence-electron chi connectivity index (χ3n) is 2.98. The van der Waals surface area contributed by atoms with Crippen LogP contribution >= 0.6 is 11.6 Å². The number of nitriles is 1. The summed E-state index contributed by atoms with van der Waals surface area (Å²) in [4.78, 5) is 2.89. The van der Waals surface area contributed by atoms with Gasteiger partial charge in [-0.1, -0.05) is 23.7 Å². The molecular weight excluding hydrogens is 367 g/mol. The van der Waals surface area contributed by atoms with Crippen LogP contribution in [-0.4, -0.2) is 19.8 Å². The Labute approximate surface area is 140 Å². The van der Waals surface area contributed by atoms with E-state index in [9.17, 15) is 21.6 Å². The van der Waals surface area contributed by atoms with Crippen LogP contribution in [0.2, 0.25) is 5.02 Å². The lowest BCUT2D eigenvalue weighted by atomic mass is 10.1. The zero-order chi connectivity index (χ0) is 18.0. The van der Waals surface area contributed by atoms with Gasteiger partial charge in [0.05, 0.1) is 5.56 Å². The zero-order valence-electron chi connectivity index (χ0n) is 11.7. The molecule has 0 fully saturated rings. The second-order valence-electron chi connectivity index (χ2n) is 4.65. The summed E-state index contributed by atoms with van der Waals surface area (Å²) in [6, 6.07) is 6.94. The highest BCUT2D eigenvalue weighted by molar-refractivity contribution is 7.89. The number of nitrogens with zero attached hydrogens (tertiary/aromatic N) is 2. The fraction of sp³-hybridized carbons (Fsp3) is 0.143. The Morgan fingerprint density at radius 1 is 1.29 bits per heavy atom.